The zero-order valence-corrected chi connectivity index (χ0v) is 7.73. The van der Waals surface area contributed by atoms with Crippen LogP contribution in [-0.2, 0) is 5.60 Å². The molecule has 1 fully saturated rings. The second-order valence-corrected chi connectivity index (χ2v) is 3.92. The molecule has 0 amide bonds. The highest BCUT2D eigenvalue weighted by atomic mass is 35.5. The van der Waals surface area contributed by atoms with E-state index in [1.165, 1.54) is 0 Å². The number of aryl methyl sites for hydroxylation is 1. The van der Waals surface area contributed by atoms with Crippen LogP contribution in [0.25, 0.3) is 0 Å². The first kappa shape index (κ1) is 8.09. The number of benzene rings is 1. The Hall–Kier alpha value is -0.530. The molecule has 0 atom stereocenters. The Labute approximate surface area is 77.0 Å². The minimum atomic E-state index is -0.608. The number of rotatable bonds is 1. The topological polar surface area (TPSA) is 20.2 Å². The van der Waals surface area contributed by atoms with Gasteiger partial charge in [-0.2, -0.15) is 0 Å². The monoisotopic (exact) mass is 182 g/mol. The van der Waals surface area contributed by atoms with Gasteiger partial charge in [0.25, 0.3) is 0 Å². The summed E-state index contributed by atoms with van der Waals surface area (Å²) in [6.07, 6.45) is 1.69. The molecule has 1 saturated carbocycles. The van der Waals surface area contributed by atoms with Crippen LogP contribution in [-0.4, -0.2) is 5.11 Å². The predicted molar refractivity (Wildman–Crippen MR) is 49.3 cm³/mol. The fraction of sp³-hybridized carbons (Fsp3) is 0.400. The van der Waals surface area contributed by atoms with Gasteiger partial charge in [0.1, 0.15) is 0 Å². The summed E-state index contributed by atoms with van der Waals surface area (Å²) < 4.78 is 0. The minimum Gasteiger partial charge on any atom is -0.385 e. The van der Waals surface area contributed by atoms with E-state index in [-0.39, 0.29) is 0 Å². The molecule has 1 aromatic carbocycles. The van der Waals surface area contributed by atoms with Crippen LogP contribution in [0.5, 0.6) is 0 Å². The normalized spacial score (nSPS) is 19.2. The Balaban J connectivity index is 2.48. The van der Waals surface area contributed by atoms with Gasteiger partial charge in [-0.25, -0.2) is 0 Å². The van der Waals surface area contributed by atoms with Gasteiger partial charge >= 0.3 is 0 Å². The average molecular weight is 183 g/mol. The highest BCUT2D eigenvalue weighted by Crippen LogP contribution is 2.47. The van der Waals surface area contributed by atoms with Crippen molar-refractivity contribution in [1.82, 2.24) is 0 Å². The van der Waals surface area contributed by atoms with Gasteiger partial charge in [0.05, 0.1) is 5.60 Å². The maximum Gasteiger partial charge on any atom is 0.0913 e. The molecule has 1 N–H and O–H groups in total. The minimum absolute atomic E-state index is 0.608. The molecule has 0 aliphatic heterocycles. The molecular weight excluding hydrogens is 172 g/mol. The molecule has 0 aromatic heterocycles. The van der Waals surface area contributed by atoms with Crippen molar-refractivity contribution in [3.8, 4) is 0 Å². The summed E-state index contributed by atoms with van der Waals surface area (Å²) in [4.78, 5) is 0. The summed E-state index contributed by atoms with van der Waals surface area (Å²) in [7, 11) is 0. The zero-order chi connectivity index (χ0) is 8.77. The van der Waals surface area contributed by atoms with Crippen LogP contribution < -0.4 is 0 Å². The van der Waals surface area contributed by atoms with Gasteiger partial charge in [-0.05, 0) is 25.8 Å². The molecular formula is C10H11ClO. The lowest BCUT2D eigenvalue weighted by atomic mass is 10.1. The summed E-state index contributed by atoms with van der Waals surface area (Å²) in [5.41, 5.74) is 1.43. The third kappa shape index (κ3) is 1.23. The largest absolute Gasteiger partial charge is 0.385 e. The molecule has 0 heterocycles. The van der Waals surface area contributed by atoms with Crippen molar-refractivity contribution in [2.45, 2.75) is 25.4 Å². The molecule has 1 aromatic rings. The highest BCUT2D eigenvalue weighted by Gasteiger charge is 2.43. The quantitative estimate of drug-likeness (QED) is 0.708. The maximum atomic E-state index is 9.82. The van der Waals surface area contributed by atoms with Crippen molar-refractivity contribution in [1.29, 1.82) is 0 Å². The summed E-state index contributed by atoms with van der Waals surface area (Å²) in [5.74, 6) is 0. The molecule has 2 rings (SSSR count). The van der Waals surface area contributed by atoms with E-state index in [1.807, 2.05) is 25.1 Å². The summed E-state index contributed by atoms with van der Waals surface area (Å²) in [6.45, 7) is 2.01. The van der Waals surface area contributed by atoms with Crippen LogP contribution >= 0.6 is 11.6 Å². The Kier molecular flexibility index (Phi) is 1.67. The van der Waals surface area contributed by atoms with Crippen LogP contribution in [0.4, 0.5) is 0 Å². The molecule has 0 unspecified atom stereocenters. The van der Waals surface area contributed by atoms with E-state index in [0.29, 0.717) is 5.02 Å². The van der Waals surface area contributed by atoms with E-state index in [4.69, 9.17) is 11.6 Å². The molecule has 12 heavy (non-hydrogen) atoms. The van der Waals surface area contributed by atoms with Gasteiger partial charge < -0.3 is 5.11 Å². The van der Waals surface area contributed by atoms with Crippen molar-refractivity contribution in [3.63, 3.8) is 0 Å². The van der Waals surface area contributed by atoms with Crippen LogP contribution in [0.2, 0.25) is 5.02 Å². The molecule has 64 valence electrons. The predicted octanol–water partition coefficient (Wildman–Crippen LogP) is 2.63. The lowest BCUT2D eigenvalue weighted by Crippen LogP contribution is -2.05. The van der Waals surface area contributed by atoms with Crippen molar-refractivity contribution in [2.24, 2.45) is 0 Å². The zero-order valence-electron chi connectivity index (χ0n) is 6.97. The van der Waals surface area contributed by atoms with Crippen LogP contribution in [0, 0.1) is 6.92 Å². The third-order valence-electron chi connectivity index (χ3n) is 2.35. The number of hydrogen-bond acceptors (Lipinski definition) is 1. The molecule has 1 aliphatic rings. The molecule has 0 spiro atoms. The van der Waals surface area contributed by atoms with E-state index >= 15 is 0 Å². The molecule has 1 nitrogen and oxygen atoms in total. The van der Waals surface area contributed by atoms with Gasteiger partial charge in [-0.1, -0.05) is 29.3 Å². The van der Waals surface area contributed by atoms with Crippen molar-refractivity contribution in [2.75, 3.05) is 0 Å². The highest BCUT2D eigenvalue weighted by molar-refractivity contribution is 6.31. The maximum absolute atomic E-state index is 9.82. The van der Waals surface area contributed by atoms with Crippen LogP contribution in [0.3, 0.4) is 0 Å². The van der Waals surface area contributed by atoms with Crippen molar-refractivity contribution in [3.05, 3.63) is 34.3 Å². The van der Waals surface area contributed by atoms with Crippen molar-refractivity contribution >= 4 is 11.6 Å². The molecule has 0 radical (unpaired) electrons. The molecule has 0 saturated heterocycles. The van der Waals surface area contributed by atoms with Crippen LogP contribution in [0.15, 0.2) is 18.2 Å². The van der Waals surface area contributed by atoms with Gasteiger partial charge in [0.2, 0.25) is 0 Å². The smallest absolute Gasteiger partial charge is 0.0913 e. The lowest BCUT2D eigenvalue weighted by molar-refractivity contribution is 0.151. The van der Waals surface area contributed by atoms with Gasteiger partial charge in [-0.15, -0.1) is 0 Å². The number of halogens is 1. The Morgan fingerprint density at radius 3 is 2.67 bits per heavy atom. The first-order valence-electron chi connectivity index (χ1n) is 4.11. The van der Waals surface area contributed by atoms with E-state index < -0.39 is 5.60 Å². The third-order valence-corrected chi connectivity index (χ3v) is 2.68. The van der Waals surface area contributed by atoms with Gasteiger partial charge in [-0.3, -0.25) is 0 Å². The number of hydrogen-bond donors (Lipinski definition) is 1. The van der Waals surface area contributed by atoms with Crippen molar-refractivity contribution < 1.29 is 5.11 Å². The van der Waals surface area contributed by atoms with Crippen LogP contribution in [0.1, 0.15) is 24.0 Å². The van der Waals surface area contributed by atoms with E-state index in [9.17, 15) is 5.11 Å². The van der Waals surface area contributed by atoms with E-state index in [0.717, 1.165) is 24.0 Å². The Morgan fingerprint density at radius 1 is 1.42 bits per heavy atom. The Bertz CT molecular complexity index is 316. The first-order valence-corrected chi connectivity index (χ1v) is 4.49. The standard InChI is InChI=1S/C10H11ClO/c1-7-2-3-9(11)8(6-7)10(12)4-5-10/h2-3,6,12H,4-5H2,1H3. The SMILES string of the molecule is Cc1ccc(Cl)c(C2(O)CC2)c1. The first-order chi connectivity index (χ1) is 5.62. The molecule has 1 aliphatic carbocycles. The second-order valence-electron chi connectivity index (χ2n) is 3.51. The van der Waals surface area contributed by atoms with E-state index in [1.54, 1.807) is 0 Å². The van der Waals surface area contributed by atoms with E-state index in [2.05, 4.69) is 0 Å². The van der Waals surface area contributed by atoms with Gasteiger partial charge in [0, 0.05) is 10.6 Å². The summed E-state index contributed by atoms with van der Waals surface area (Å²) in [5, 5.41) is 10.5. The lowest BCUT2D eigenvalue weighted by Gasteiger charge is -2.10. The van der Waals surface area contributed by atoms with Gasteiger partial charge in [0.15, 0.2) is 0 Å². The average Bonchev–Trinajstić information content (AvgIpc) is 2.75. The fourth-order valence-corrected chi connectivity index (χ4v) is 1.68. The Morgan fingerprint density at radius 2 is 2.08 bits per heavy atom. The molecule has 0 bridgehead atoms. The summed E-state index contributed by atoms with van der Waals surface area (Å²) in [6, 6.07) is 5.77. The fourth-order valence-electron chi connectivity index (χ4n) is 1.38. The molecule has 2 heteroatoms. The summed E-state index contributed by atoms with van der Waals surface area (Å²) >= 11 is 5.96. The number of aliphatic hydroxyl groups is 1. The second kappa shape index (κ2) is 2.48.